The molecule has 0 N–H and O–H groups in total. The maximum Gasteiger partial charge on any atom is 0.0946 e. The average Bonchev–Trinajstić information content (AvgIpc) is 2.40. The Balaban J connectivity index is 2.40. The molecule has 0 amide bonds. The number of imidazole rings is 1. The van der Waals surface area contributed by atoms with Gasteiger partial charge in [0.05, 0.1) is 12.4 Å². The highest BCUT2D eigenvalue weighted by molar-refractivity contribution is 4.74. The fourth-order valence-corrected chi connectivity index (χ4v) is 0.766. The van der Waals surface area contributed by atoms with Gasteiger partial charge in [-0.25, -0.2) is 4.98 Å². The van der Waals surface area contributed by atoms with Crippen molar-refractivity contribution < 1.29 is 4.74 Å². The molecule has 0 saturated heterocycles. The van der Waals surface area contributed by atoms with Gasteiger partial charge in [0.1, 0.15) is 0 Å². The molecular weight excluding hydrogens is 128 g/mol. The first-order chi connectivity index (χ1) is 4.83. The largest absolute Gasteiger partial charge is 0.380 e. The molecule has 0 aliphatic heterocycles. The normalized spacial score (nSPS) is 13.4. The van der Waals surface area contributed by atoms with E-state index in [2.05, 4.69) is 4.98 Å². The molecule has 56 valence electrons. The Morgan fingerprint density at radius 3 is 3.00 bits per heavy atom. The minimum absolute atomic E-state index is 0.259. The summed E-state index contributed by atoms with van der Waals surface area (Å²) in [6.45, 7) is 2.90. The lowest BCUT2D eigenvalue weighted by molar-refractivity contribution is 0.103. The van der Waals surface area contributed by atoms with Crippen LogP contribution in [0.25, 0.3) is 0 Å². The van der Waals surface area contributed by atoms with Gasteiger partial charge in [-0.15, -0.1) is 0 Å². The third-order valence-corrected chi connectivity index (χ3v) is 1.43. The van der Waals surface area contributed by atoms with Gasteiger partial charge >= 0.3 is 0 Å². The van der Waals surface area contributed by atoms with Crippen LogP contribution in [0.2, 0.25) is 0 Å². The van der Waals surface area contributed by atoms with Gasteiger partial charge in [0.2, 0.25) is 0 Å². The number of aromatic nitrogens is 2. The van der Waals surface area contributed by atoms with Crippen molar-refractivity contribution in [1.82, 2.24) is 9.55 Å². The van der Waals surface area contributed by atoms with Crippen LogP contribution in [0.4, 0.5) is 0 Å². The Bertz CT molecular complexity index is 172. The number of hydrogen-bond acceptors (Lipinski definition) is 2. The van der Waals surface area contributed by atoms with Gasteiger partial charge in [-0.2, -0.15) is 0 Å². The van der Waals surface area contributed by atoms with Gasteiger partial charge in [-0.05, 0) is 6.92 Å². The van der Waals surface area contributed by atoms with E-state index in [9.17, 15) is 0 Å². The Morgan fingerprint density at radius 2 is 2.50 bits per heavy atom. The quantitative estimate of drug-likeness (QED) is 0.624. The summed E-state index contributed by atoms with van der Waals surface area (Å²) < 4.78 is 7.07. The molecule has 0 aliphatic rings. The molecule has 1 heterocycles. The minimum atomic E-state index is 0.259. The second-order valence-electron chi connectivity index (χ2n) is 2.31. The van der Waals surface area contributed by atoms with E-state index in [1.807, 2.05) is 17.7 Å². The summed E-state index contributed by atoms with van der Waals surface area (Å²) in [7, 11) is 1.71. The van der Waals surface area contributed by atoms with Crippen LogP contribution in [-0.2, 0) is 11.3 Å². The van der Waals surface area contributed by atoms with Crippen LogP contribution in [0.3, 0.4) is 0 Å². The zero-order valence-corrected chi connectivity index (χ0v) is 6.32. The molecular formula is C7H12N2O. The molecule has 1 aromatic rings. The van der Waals surface area contributed by atoms with Crippen molar-refractivity contribution in [3.63, 3.8) is 0 Å². The van der Waals surface area contributed by atoms with Crippen molar-refractivity contribution in [1.29, 1.82) is 0 Å². The molecule has 3 nitrogen and oxygen atoms in total. The van der Waals surface area contributed by atoms with E-state index in [1.165, 1.54) is 0 Å². The van der Waals surface area contributed by atoms with Crippen LogP contribution in [0, 0.1) is 0 Å². The van der Waals surface area contributed by atoms with Crippen molar-refractivity contribution in [2.45, 2.75) is 19.6 Å². The number of rotatable bonds is 3. The molecule has 0 saturated carbocycles. The summed E-state index contributed by atoms with van der Waals surface area (Å²) in [6, 6.07) is 0. The van der Waals surface area contributed by atoms with Crippen LogP contribution in [-0.4, -0.2) is 22.8 Å². The number of ether oxygens (including phenoxy) is 1. The smallest absolute Gasteiger partial charge is 0.0946 e. The van der Waals surface area contributed by atoms with E-state index in [4.69, 9.17) is 4.74 Å². The average molecular weight is 140 g/mol. The SMILES string of the molecule is CO[C@H](C)Cn1ccnc1. The fraction of sp³-hybridized carbons (Fsp3) is 0.571. The summed E-state index contributed by atoms with van der Waals surface area (Å²) in [5.41, 5.74) is 0. The molecule has 3 heteroatoms. The van der Waals surface area contributed by atoms with Gasteiger partial charge < -0.3 is 9.30 Å². The van der Waals surface area contributed by atoms with Crippen molar-refractivity contribution in [3.05, 3.63) is 18.7 Å². The molecule has 1 atom stereocenters. The molecule has 0 unspecified atom stereocenters. The maximum atomic E-state index is 5.07. The molecule has 0 fully saturated rings. The number of nitrogens with zero attached hydrogens (tertiary/aromatic N) is 2. The summed E-state index contributed by atoms with van der Waals surface area (Å²) >= 11 is 0. The molecule has 0 radical (unpaired) electrons. The Hall–Kier alpha value is -0.830. The van der Waals surface area contributed by atoms with Gasteiger partial charge in [0, 0.05) is 26.0 Å². The van der Waals surface area contributed by atoms with Crippen LogP contribution >= 0.6 is 0 Å². The fourth-order valence-electron chi connectivity index (χ4n) is 0.766. The highest BCUT2D eigenvalue weighted by Gasteiger charge is 1.97. The zero-order valence-electron chi connectivity index (χ0n) is 6.32. The molecule has 1 aromatic heterocycles. The third-order valence-electron chi connectivity index (χ3n) is 1.43. The molecule has 10 heavy (non-hydrogen) atoms. The van der Waals surface area contributed by atoms with Gasteiger partial charge in [0.25, 0.3) is 0 Å². The van der Waals surface area contributed by atoms with E-state index < -0.39 is 0 Å². The summed E-state index contributed by atoms with van der Waals surface area (Å²) in [5.74, 6) is 0. The van der Waals surface area contributed by atoms with E-state index in [0.717, 1.165) is 6.54 Å². The molecule has 0 spiro atoms. The second kappa shape index (κ2) is 3.37. The topological polar surface area (TPSA) is 27.1 Å². The lowest BCUT2D eigenvalue weighted by atomic mass is 10.4. The molecule has 0 bridgehead atoms. The van der Waals surface area contributed by atoms with Crippen LogP contribution in [0.15, 0.2) is 18.7 Å². The van der Waals surface area contributed by atoms with Gasteiger partial charge in [-0.3, -0.25) is 0 Å². The van der Waals surface area contributed by atoms with Crippen LogP contribution in [0.1, 0.15) is 6.92 Å². The van der Waals surface area contributed by atoms with Crippen LogP contribution < -0.4 is 0 Å². The second-order valence-corrected chi connectivity index (χ2v) is 2.31. The third kappa shape index (κ3) is 1.84. The van der Waals surface area contributed by atoms with E-state index >= 15 is 0 Å². The lowest BCUT2D eigenvalue weighted by Gasteiger charge is -2.08. The maximum absolute atomic E-state index is 5.07. The van der Waals surface area contributed by atoms with Crippen molar-refractivity contribution in [2.24, 2.45) is 0 Å². The van der Waals surface area contributed by atoms with Crippen molar-refractivity contribution >= 4 is 0 Å². The Kier molecular flexibility index (Phi) is 2.45. The first kappa shape index (κ1) is 7.28. The zero-order chi connectivity index (χ0) is 7.40. The molecule has 0 aromatic carbocycles. The van der Waals surface area contributed by atoms with Gasteiger partial charge in [0.15, 0.2) is 0 Å². The molecule has 1 rings (SSSR count). The predicted octanol–water partition coefficient (Wildman–Crippen LogP) is 0.918. The van der Waals surface area contributed by atoms with Crippen molar-refractivity contribution in [2.75, 3.05) is 7.11 Å². The van der Waals surface area contributed by atoms with Gasteiger partial charge in [-0.1, -0.05) is 0 Å². The Labute approximate surface area is 60.6 Å². The van der Waals surface area contributed by atoms with Crippen molar-refractivity contribution in [3.8, 4) is 0 Å². The standard InChI is InChI=1S/C7H12N2O/c1-7(10-2)5-9-4-3-8-6-9/h3-4,6-7H,5H2,1-2H3/t7-/m1/s1. The predicted molar refractivity (Wildman–Crippen MR) is 38.7 cm³/mol. The highest BCUT2D eigenvalue weighted by Crippen LogP contribution is 1.93. The highest BCUT2D eigenvalue weighted by atomic mass is 16.5. The lowest BCUT2D eigenvalue weighted by Crippen LogP contribution is -2.12. The van der Waals surface area contributed by atoms with Crippen LogP contribution in [0.5, 0.6) is 0 Å². The van der Waals surface area contributed by atoms with E-state index in [1.54, 1.807) is 19.6 Å². The first-order valence-electron chi connectivity index (χ1n) is 3.31. The Morgan fingerprint density at radius 1 is 1.70 bits per heavy atom. The monoisotopic (exact) mass is 140 g/mol. The summed E-state index contributed by atoms with van der Waals surface area (Å²) in [5, 5.41) is 0. The summed E-state index contributed by atoms with van der Waals surface area (Å²) in [4.78, 5) is 3.92. The summed E-state index contributed by atoms with van der Waals surface area (Å²) in [6.07, 6.45) is 5.74. The van der Waals surface area contributed by atoms with E-state index in [-0.39, 0.29) is 6.10 Å². The number of hydrogen-bond donors (Lipinski definition) is 0. The minimum Gasteiger partial charge on any atom is -0.380 e. The first-order valence-corrected chi connectivity index (χ1v) is 3.31. The van der Waals surface area contributed by atoms with E-state index in [0.29, 0.717) is 0 Å². The number of methoxy groups -OCH3 is 1. The molecule has 0 aliphatic carbocycles.